The Balaban J connectivity index is 2.12. The zero-order chi connectivity index (χ0) is 14.0. The average molecular weight is 266 g/mol. The lowest BCUT2D eigenvalue weighted by Gasteiger charge is -2.28. The molecule has 0 aromatic carbocycles. The van der Waals surface area contributed by atoms with Gasteiger partial charge in [-0.2, -0.15) is 5.10 Å². The van der Waals surface area contributed by atoms with Crippen LogP contribution in [0.2, 0.25) is 0 Å². The summed E-state index contributed by atoms with van der Waals surface area (Å²) >= 11 is 0. The molecular formula is C13H19FN4O. The fourth-order valence-electron chi connectivity index (χ4n) is 2.21. The topological polar surface area (TPSA) is 52.0 Å². The van der Waals surface area contributed by atoms with Crippen LogP contribution >= 0.6 is 0 Å². The molecule has 0 bridgehead atoms. The molecule has 19 heavy (non-hydrogen) atoms. The van der Waals surface area contributed by atoms with Crippen molar-refractivity contribution in [1.82, 2.24) is 9.99 Å². The van der Waals surface area contributed by atoms with Gasteiger partial charge in [0.2, 0.25) is 0 Å². The molecule has 1 aromatic heterocycles. The first-order chi connectivity index (χ1) is 9.02. The number of hydrogen-bond donors (Lipinski definition) is 1. The van der Waals surface area contributed by atoms with Crippen LogP contribution in [0.25, 0.3) is 0 Å². The van der Waals surface area contributed by atoms with Gasteiger partial charge in [0.25, 0.3) is 0 Å². The van der Waals surface area contributed by atoms with Gasteiger partial charge in [0.05, 0.1) is 12.1 Å². The molecule has 104 valence electrons. The lowest BCUT2D eigenvalue weighted by Crippen LogP contribution is -2.40. The number of hydrogen-bond acceptors (Lipinski definition) is 5. The molecule has 0 aliphatic carbocycles. The van der Waals surface area contributed by atoms with Crippen molar-refractivity contribution in [2.75, 3.05) is 11.6 Å². The van der Waals surface area contributed by atoms with Crippen molar-refractivity contribution in [3.05, 3.63) is 23.6 Å². The molecule has 0 unspecified atom stereocenters. The third-order valence-electron chi connectivity index (χ3n) is 3.23. The van der Waals surface area contributed by atoms with Crippen molar-refractivity contribution in [2.45, 2.75) is 39.3 Å². The number of anilines is 1. The maximum absolute atomic E-state index is 13.8. The zero-order valence-electron chi connectivity index (χ0n) is 11.4. The number of aromatic nitrogens is 1. The van der Waals surface area contributed by atoms with Gasteiger partial charge in [0, 0.05) is 6.20 Å². The minimum atomic E-state index is -0.488. The largest absolute Gasteiger partial charge is 0.391 e. The predicted molar refractivity (Wildman–Crippen MR) is 72.4 cm³/mol. The highest BCUT2D eigenvalue weighted by atomic mass is 19.1. The van der Waals surface area contributed by atoms with Crippen LogP contribution in [-0.4, -0.2) is 40.3 Å². The van der Waals surface area contributed by atoms with Crippen molar-refractivity contribution >= 4 is 12.2 Å². The van der Waals surface area contributed by atoms with E-state index in [2.05, 4.69) is 10.1 Å². The Morgan fingerprint density at radius 1 is 1.53 bits per heavy atom. The highest BCUT2D eigenvalue weighted by Crippen LogP contribution is 2.21. The van der Waals surface area contributed by atoms with Crippen molar-refractivity contribution < 1.29 is 9.50 Å². The molecule has 1 aromatic rings. The smallest absolute Gasteiger partial charge is 0.171 e. The average Bonchev–Trinajstić information content (AvgIpc) is 2.78. The van der Waals surface area contributed by atoms with E-state index in [0.717, 1.165) is 12.0 Å². The van der Waals surface area contributed by atoms with Crippen LogP contribution in [0.5, 0.6) is 0 Å². The molecule has 6 heteroatoms. The summed E-state index contributed by atoms with van der Waals surface area (Å²) in [5.74, 6) is -0.101. The standard InChI is InChI=1S/C13H19FN4O/c1-4-12(10(3)19)18-8-17(7-16-18)13-11(14)5-9(2)6-15-13/h5-7,10,12,19H,4,8H2,1-3H3/t10-,12+/m1/s1. The van der Waals surface area contributed by atoms with Gasteiger partial charge in [0.15, 0.2) is 11.6 Å². The fraction of sp³-hybridized carbons (Fsp3) is 0.538. The van der Waals surface area contributed by atoms with E-state index in [1.165, 1.54) is 6.07 Å². The molecule has 0 amide bonds. The van der Waals surface area contributed by atoms with Crippen LogP contribution in [0.15, 0.2) is 17.4 Å². The van der Waals surface area contributed by atoms with E-state index in [4.69, 9.17) is 0 Å². The van der Waals surface area contributed by atoms with Crippen LogP contribution in [0.1, 0.15) is 25.8 Å². The maximum Gasteiger partial charge on any atom is 0.171 e. The molecule has 0 saturated heterocycles. The monoisotopic (exact) mass is 266 g/mol. The quantitative estimate of drug-likeness (QED) is 0.901. The molecule has 0 fully saturated rings. The summed E-state index contributed by atoms with van der Waals surface area (Å²) in [7, 11) is 0. The normalized spacial score (nSPS) is 17.9. The molecule has 0 spiro atoms. The van der Waals surface area contributed by atoms with Gasteiger partial charge in [-0.25, -0.2) is 9.37 Å². The van der Waals surface area contributed by atoms with E-state index < -0.39 is 6.10 Å². The lowest BCUT2D eigenvalue weighted by molar-refractivity contribution is 0.0671. The number of aliphatic hydroxyl groups excluding tert-OH is 1. The van der Waals surface area contributed by atoms with Crippen LogP contribution in [0, 0.1) is 12.7 Å². The number of hydrazone groups is 1. The molecule has 1 aliphatic heterocycles. The van der Waals surface area contributed by atoms with Gasteiger partial charge < -0.3 is 5.11 Å². The van der Waals surface area contributed by atoms with Crippen LogP contribution < -0.4 is 4.90 Å². The third-order valence-corrected chi connectivity index (χ3v) is 3.23. The molecule has 5 nitrogen and oxygen atoms in total. The van der Waals surface area contributed by atoms with Gasteiger partial charge in [-0.05, 0) is 31.9 Å². The number of aliphatic hydroxyl groups is 1. The Morgan fingerprint density at radius 2 is 2.26 bits per heavy atom. The van der Waals surface area contributed by atoms with E-state index in [0.29, 0.717) is 6.67 Å². The Labute approximate surface area is 112 Å². The van der Waals surface area contributed by atoms with Crippen molar-refractivity contribution in [1.29, 1.82) is 0 Å². The van der Waals surface area contributed by atoms with Crippen molar-refractivity contribution in [3.8, 4) is 0 Å². The SMILES string of the molecule is CC[C@@H]([C@@H](C)O)N1CN(c2ncc(C)cc2F)C=N1. The van der Waals surface area contributed by atoms with Gasteiger partial charge in [-0.3, -0.25) is 9.91 Å². The maximum atomic E-state index is 13.8. The van der Waals surface area contributed by atoms with E-state index in [-0.39, 0.29) is 17.7 Å². The molecule has 2 atom stereocenters. The second-order valence-corrected chi connectivity index (χ2v) is 4.82. The Hall–Kier alpha value is -1.69. The van der Waals surface area contributed by atoms with Crippen LogP contribution in [-0.2, 0) is 0 Å². The van der Waals surface area contributed by atoms with E-state index in [1.807, 2.05) is 6.92 Å². The predicted octanol–water partition coefficient (Wildman–Crippen LogP) is 1.71. The zero-order valence-corrected chi connectivity index (χ0v) is 11.4. The summed E-state index contributed by atoms with van der Waals surface area (Å²) in [5.41, 5.74) is 0.782. The first-order valence-electron chi connectivity index (χ1n) is 6.40. The summed E-state index contributed by atoms with van der Waals surface area (Å²) < 4.78 is 13.8. The number of aryl methyl sites for hydroxylation is 1. The van der Waals surface area contributed by atoms with Gasteiger partial charge in [0.1, 0.15) is 13.0 Å². The summed E-state index contributed by atoms with van der Waals surface area (Å²) in [6, 6.07) is 1.37. The second kappa shape index (κ2) is 5.52. The Morgan fingerprint density at radius 3 is 2.84 bits per heavy atom. The fourth-order valence-corrected chi connectivity index (χ4v) is 2.21. The van der Waals surface area contributed by atoms with Gasteiger partial charge in [-0.1, -0.05) is 6.92 Å². The summed E-state index contributed by atoms with van der Waals surface area (Å²) in [4.78, 5) is 5.73. The highest BCUT2D eigenvalue weighted by Gasteiger charge is 2.27. The molecule has 1 aliphatic rings. The molecule has 2 heterocycles. The summed E-state index contributed by atoms with van der Waals surface area (Å²) in [6.45, 7) is 5.92. The van der Waals surface area contributed by atoms with Crippen molar-refractivity contribution in [2.24, 2.45) is 5.10 Å². The highest BCUT2D eigenvalue weighted by molar-refractivity contribution is 5.78. The first kappa shape index (κ1) is 13.7. The molecule has 2 rings (SSSR count). The molecule has 1 N–H and O–H groups in total. The van der Waals surface area contributed by atoms with E-state index >= 15 is 0 Å². The first-order valence-corrected chi connectivity index (χ1v) is 6.40. The van der Waals surface area contributed by atoms with Gasteiger partial charge in [-0.15, -0.1) is 0 Å². The van der Waals surface area contributed by atoms with Gasteiger partial charge >= 0.3 is 0 Å². The minimum Gasteiger partial charge on any atom is -0.391 e. The second-order valence-electron chi connectivity index (χ2n) is 4.82. The Kier molecular flexibility index (Phi) is 3.99. The van der Waals surface area contributed by atoms with Crippen molar-refractivity contribution in [3.63, 3.8) is 0 Å². The summed E-state index contributed by atoms with van der Waals surface area (Å²) in [5, 5.41) is 15.7. The minimum absolute atomic E-state index is 0.0743. The number of rotatable bonds is 4. The van der Waals surface area contributed by atoms with E-state index in [1.54, 1.807) is 36.3 Å². The third kappa shape index (κ3) is 2.84. The number of pyridine rings is 1. The van der Waals surface area contributed by atoms with Crippen LogP contribution in [0.3, 0.4) is 0 Å². The van der Waals surface area contributed by atoms with E-state index in [9.17, 15) is 9.50 Å². The molecule has 0 radical (unpaired) electrons. The summed E-state index contributed by atoms with van der Waals surface area (Å²) in [6.07, 6.45) is 3.46. The lowest BCUT2D eigenvalue weighted by atomic mass is 10.1. The van der Waals surface area contributed by atoms with Crippen LogP contribution in [0.4, 0.5) is 10.2 Å². The molecule has 0 saturated carbocycles. The Bertz CT molecular complexity index is 478. The molecular weight excluding hydrogens is 247 g/mol. The number of halogens is 1. The number of nitrogens with zero attached hydrogens (tertiary/aromatic N) is 4.